The molecule has 2 N–H and O–H groups in total. The second kappa shape index (κ2) is 5.53. The molecular formula is C15H22BrN. The van der Waals surface area contributed by atoms with E-state index in [-0.39, 0.29) is 6.04 Å². The number of rotatable bonds is 2. The van der Waals surface area contributed by atoms with Crippen LogP contribution in [0.5, 0.6) is 0 Å². The smallest absolute Gasteiger partial charge is 0.0334 e. The van der Waals surface area contributed by atoms with Gasteiger partial charge in [0.05, 0.1) is 0 Å². The Balaban J connectivity index is 2.18. The summed E-state index contributed by atoms with van der Waals surface area (Å²) in [5.41, 5.74) is 9.03. The van der Waals surface area contributed by atoms with Crippen molar-refractivity contribution in [2.75, 3.05) is 0 Å². The zero-order valence-corrected chi connectivity index (χ0v) is 12.3. The Hall–Kier alpha value is -0.340. The standard InChI is InChI=1S/C15H22BrN/c1-10-5-3-7-12(9-10)15(17)13-8-4-6-11(2)14(13)16/h4,6,8,10,12,15H,3,5,7,9,17H2,1-2H3. The lowest BCUT2D eigenvalue weighted by Crippen LogP contribution is -2.26. The van der Waals surface area contributed by atoms with Crippen LogP contribution in [0.3, 0.4) is 0 Å². The van der Waals surface area contributed by atoms with Gasteiger partial charge in [-0.25, -0.2) is 0 Å². The second-order valence-electron chi connectivity index (χ2n) is 5.54. The van der Waals surface area contributed by atoms with Crippen molar-refractivity contribution in [2.45, 2.75) is 45.6 Å². The van der Waals surface area contributed by atoms with Crippen molar-refractivity contribution in [1.82, 2.24) is 0 Å². The first-order valence-corrected chi connectivity index (χ1v) is 7.39. The van der Waals surface area contributed by atoms with E-state index in [1.54, 1.807) is 0 Å². The molecule has 2 heteroatoms. The number of hydrogen-bond donors (Lipinski definition) is 1. The van der Waals surface area contributed by atoms with Crippen LogP contribution < -0.4 is 5.73 Å². The molecular weight excluding hydrogens is 274 g/mol. The minimum Gasteiger partial charge on any atom is -0.324 e. The fourth-order valence-electron chi connectivity index (χ4n) is 2.99. The molecule has 0 spiro atoms. The molecule has 3 atom stereocenters. The maximum absolute atomic E-state index is 6.47. The van der Waals surface area contributed by atoms with Gasteiger partial charge in [-0.05, 0) is 42.7 Å². The van der Waals surface area contributed by atoms with Crippen LogP contribution in [0.4, 0.5) is 0 Å². The van der Waals surface area contributed by atoms with E-state index in [0.29, 0.717) is 5.92 Å². The predicted molar refractivity (Wildman–Crippen MR) is 76.9 cm³/mol. The van der Waals surface area contributed by atoms with Crippen molar-refractivity contribution in [3.05, 3.63) is 33.8 Å². The van der Waals surface area contributed by atoms with Crippen LogP contribution in [0.15, 0.2) is 22.7 Å². The maximum atomic E-state index is 6.47. The molecule has 94 valence electrons. The molecule has 1 fully saturated rings. The van der Waals surface area contributed by atoms with Crippen molar-refractivity contribution in [1.29, 1.82) is 0 Å². The van der Waals surface area contributed by atoms with E-state index in [9.17, 15) is 0 Å². The Morgan fingerprint density at radius 1 is 1.35 bits per heavy atom. The number of benzene rings is 1. The van der Waals surface area contributed by atoms with Crippen molar-refractivity contribution >= 4 is 15.9 Å². The van der Waals surface area contributed by atoms with Crippen molar-refractivity contribution < 1.29 is 0 Å². The Kier molecular flexibility index (Phi) is 4.26. The fraction of sp³-hybridized carbons (Fsp3) is 0.600. The van der Waals surface area contributed by atoms with E-state index in [1.807, 2.05) is 0 Å². The second-order valence-corrected chi connectivity index (χ2v) is 6.33. The Morgan fingerprint density at radius 3 is 2.82 bits per heavy atom. The molecule has 0 saturated heterocycles. The van der Waals surface area contributed by atoms with E-state index < -0.39 is 0 Å². The molecule has 0 bridgehead atoms. The van der Waals surface area contributed by atoms with E-state index in [2.05, 4.69) is 48.0 Å². The molecule has 1 aliphatic rings. The Labute approximate surface area is 113 Å². The average Bonchev–Trinajstić information content (AvgIpc) is 2.32. The topological polar surface area (TPSA) is 26.0 Å². The summed E-state index contributed by atoms with van der Waals surface area (Å²) >= 11 is 3.68. The van der Waals surface area contributed by atoms with Gasteiger partial charge in [-0.3, -0.25) is 0 Å². The Bertz CT molecular complexity index is 389. The number of nitrogens with two attached hydrogens (primary N) is 1. The van der Waals surface area contributed by atoms with E-state index in [0.717, 1.165) is 5.92 Å². The van der Waals surface area contributed by atoms with E-state index >= 15 is 0 Å². The van der Waals surface area contributed by atoms with Gasteiger partial charge in [-0.15, -0.1) is 0 Å². The highest BCUT2D eigenvalue weighted by molar-refractivity contribution is 9.10. The van der Waals surface area contributed by atoms with Gasteiger partial charge < -0.3 is 5.73 Å². The highest BCUT2D eigenvalue weighted by Gasteiger charge is 2.26. The molecule has 1 aliphatic carbocycles. The molecule has 1 aromatic carbocycles. The minimum absolute atomic E-state index is 0.187. The van der Waals surface area contributed by atoms with Crippen LogP contribution in [0, 0.1) is 18.8 Å². The lowest BCUT2D eigenvalue weighted by molar-refractivity contribution is 0.247. The number of hydrogen-bond acceptors (Lipinski definition) is 1. The van der Waals surface area contributed by atoms with E-state index in [4.69, 9.17) is 5.73 Å². The predicted octanol–water partition coefficient (Wildman–Crippen LogP) is 4.58. The summed E-state index contributed by atoms with van der Waals surface area (Å²) in [6.45, 7) is 4.48. The first kappa shape index (κ1) is 13.1. The molecule has 2 rings (SSSR count). The van der Waals surface area contributed by atoms with Crippen LogP contribution in [-0.4, -0.2) is 0 Å². The number of aryl methyl sites for hydroxylation is 1. The Morgan fingerprint density at radius 2 is 2.12 bits per heavy atom. The van der Waals surface area contributed by atoms with Gasteiger partial charge in [0.2, 0.25) is 0 Å². The summed E-state index contributed by atoms with van der Waals surface area (Å²) in [6, 6.07) is 6.60. The van der Waals surface area contributed by atoms with Gasteiger partial charge in [0, 0.05) is 10.5 Å². The summed E-state index contributed by atoms with van der Waals surface area (Å²) in [5.74, 6) is 1.49. The molecule has 1 saturated carbocycles. The van der Waals surface area contributed by atoms with Crippen LogP contribution in [0.1, 0.15) is 49.8 Å². The minimum atomic E-state index is 0.187. The van der Waals surface area contributed by atoms with Crippen molar-refractivity contribution in [3.8, 4) is 0 Å². The molecule has 0 heterocycles. The van der Waals surface area contributed by atoms with Gasteiger partial charge in [-0.1, -0.05) is 53.9 Å². The molecule has 0 amide bonds. The van der Waals surface area contributed by atoms with Crippen LogP contribution in [0.25, 0.3) is 0 Å². The van der Waals surface area contributed by atoms with Crippen LogP contribution in [-0.2, 0) is 0 Å². The number of halogens is 1. The van der Waals surface area contributed by atoms with Gasteiger partial charge in [-0.2, -0.15) is 0 Å². The van der Waals surface area contributed by atoms with Gasteiger partial charge in [0.1, 0.15) is 0 Å². The quantitative estimate of drug-likeness (QED) is 0.849. The van der Waals surface area contributed by atoms with Crippen molar-refractivity contribution in [2.24, 2.45) is 17.6 Å². The molecule has 0 radical (unpaired) electrons. The zero-order chi connectivity index (χ0) is 12.4. The monoisotopic (exact) mass is 295 g/mol. The lowest BCUT2D eigenvalue weighted by atomic mass is 9.77. The third-order valence-electron chi connectivity index (χ3n) is 4.07. The summed E-state index contributed by atoms with van der Waals surface area (Å²) in [5, 5.41) is 0. The average molecular weight is 296 g/mol. The first-order valence-electron chi connectivity index (χ1n) is 6.60. The molecule has 3 unspecified atom stereocenters. The molecule has 1 nitrogen and oxygen atoms in total. The lowest BCUT2D eigenvalue weighted by Gasteiger charge is -2.32. The highest BCUT2D eigenvalue weighted by Crippen LogP contribution is 2.38. The summed E-state index contributed by atoms with van der Waals surface area (Å²) in [6.07, 6.45) is 5.27. The summed E-state index contributed by atoms with van der Waals surface area (Å²) < 4.78 is 1.20. The van der Waals surface area contributed by atoms with Gasteiger partial charge in [0.25, 0.3) is 0 Å². The van der Waals surface area contributed by atoms with Crippen molar-refractivity contribution in [3.63, 3.8) is 0 Å². The summed E-state index contributed by atoms with van der Waals surface area (Å²) in [7, 11) is 0. The molecule has 0 aromatic heterocycles. The fourth-order valence-corrected chi connectivity index (χ4v) is 3.52. The van der Waals surface area contributed by atoms with Crippen LogP contribution in [0.2, 0.25) is 0 Å². The SMILES string of the molecule is Cc1cccc(C(N)C2CCCC(C)C2)c1Br. The summed E-state index contributed by atoms with van der Waals surface area (Å²) in [4.78, 5) is 0. The van der Waals surface area contributed by atoms with Gasteiger partial charge in [0.15, 0.2) is 0 Å². The normalized spacial score (nSPS) is 26.8. The molecule has 1 aromatic rings. The largest absolute Gasteiger partial charge is 0.324 e. The highest BCUT2D eigenvalue weighted by atomic mass is 79.9. The first-order chi connectivity index (χ1) is 8.09. The molecule has 0 aliphatic heterocycles. The van der Waals surface area contributed by atoms with Crippen LogP contribution >= 0.6 is 15.9 Å². The van der Waals surface area contributed by atoms with Gasteiger partial charge >= 0.3 is 0 Å². The van der Waals surface area contributed by atoms with E-state index in [1.165, 1.54) is 41.3 Å². The molecule has 17 heavy (non-hydrogen) atoms. The maximum Gasteiger partial charge on any atom is 0.0334 e. The third kappa shape index (κ3) is 2.92. The third-order valence-corrected chi connectivity index (χ3v) is 5.15. The zero-order valence-electron chi connectivity index (χ0n) is 10.7.